The van der Waals surface area contributed by atoms with Crippen LogP contribution >= 0.6 is 22.7 Å². The fraction of sp³-hybridized carbons (Fsp3) is 0.0870. The number of methoxy groups -OCH3 is 1. The molecule has 11 heteroatoms. The van der Waals surface area contributed by atoms with Crippen molar-refractivity contribution in [2.75, 3.05) is 7.11 Å². The van der Waals surface area contributed by atoms with Crippen molar-refractivity contribution < 1.29 is 23.8 Å². The van der Waals surface area contributed by atoms with Crippen LogP contribution in [0, 0.1) is 5.82 Å². The number of aromatic carboxylic acids is 1. The Labute approximate surface area is 198 Å². The first kappa shape index (κ1) is 21.9. The first-order valence-electron chi connectivity index (χ1n) is 9.84. The Bertz CT molecular complexity index is 1700. The number of fused-ring (bicyclic) bond motifs is 2. The molecule has 0 atom stereocenters. The van der Waals surface area contributed by atoms with E-state index < -0.39 is 23.0 Å². The first-order chi connectivity index (χ1) is 16.4. The molecule has 3 heterocycles. The van der Waals surface area contributed by atoms with Crippen molar-refractivity contribution in [3.8, 4) is 17.2 Å². The van der Waals surface area contributed by atoms with E-state index in [1.807, 2.05) is 29.6 Å². The normalized spacial score (nSPS) is 11.2. The molecule has 0 aliphatic rings. The van der Waals surface area contributed by atoms with E-state index in [1.165, 1.54) is 18.6 Å². The zero-order chi connectivity index (χ0) is 24.0. The van der Waals surface area contributed by atoms with Crippen molar-refractivity contribution in [3.63, 3.8) is 0 Å². The van der Waals surface area contributed by atoms with Gasteiger partial charge in [-0.05, 0) is 16.8 Å². The molecular formula is C23H15FN2O6S2. The van der Waals surface area contributed by atoms with Gasteiger partial charge in [-0.2, -0.15) is 0 Å². The predicted molar refractivity (Wildman–Crippen MR) is 128 cm³/mol. The Balaban J connectivity index is 1.62. The molecule has 172 valence electrons. The Hall–Kier alpha value is -3.96. The lowest BCUT2D eigenvalue weighted by Gasteiger charge is -2.14. The molecule has 0 saturated carbocycles. The monoisotopic (exact) mass is 498 g/mol. The number of carboxylic acid groups (broad SMARTS) is 1. The summed E-state index contributed by atoms with van der Waals surface area (Å²) in [4.78, 5) is 39.5. The number of carboxylic acids is 1. The van der Waals surface area contributed by atoms with Gasteiger partial charge in [-0.1, -0.05) is 18.2 Å². The smallest absolute Gasteiger partial charge is 0.346 e. The van der Waals surface area contributed by atoms with Crippen LogP contribution in [0.25, 0.3) is 26.7 Å². The average molecular weight is 499 g/mol. The SMILES string of the molecule is COc1cc(F)c(-n2c(=O)[nH]c3csc(C(=O)O)c3c2=O)cc1OCc1csc2ccccc12. The van der Waals surface area contributed by atoms with Crippen LogP contribution in [0.5, 0.6) is 11.5 Å². The maximum absolute atomic E-state index is 15.0. The molecule has 5 rings (SSSR count). The van der Waals surface area contributed by atoms with Gasteiger partial charge in [0.05, 0.1) is 23.7 Å². The molecule has 0 aliphatic heterocycles. The molecule has 0 bridgehead atoms. The zero-order valence-corrected chi connectivity index (χ0v) is 19.1. The lowest BCUT2D eigenvalue weighted by molar-refractivity contribution is 0.0704. The summed E-state index contributed by atoms with van der Waals surface area (Å²) in [6, 6.07) is 10.0. The van der Waals surface area contributed by atoms with Crippen molar-refractivity contribution in [3.05, 3.63) is 84.3 Å². The molecule has 0 fully saturated rings. The second-order valence-electron chi connectivity index (χ2n) is 7.23. The van der Waals surface area contributed by atoms with Gasteiger partial charge >= 0.3 is 11.7 Å². The Morgan fingerprint density at radius 2 is 1.94 bits per heavy atom. The molecule has 0 amide bonds. The fourth-order valence-corrected chi connectivity index (χ4v) is 5.46. The highest BCUT2D eigenvalue weighted by molar-refractivity contribution is 7.17. The number of rotatable bonds is 6. The highest BCUT2D eigenvalue weighted by atomic mass is 32.1. The fourth-order valence-electron chi connectivity index (χ4n) is 3.68. The Morgan fingerprint density at radius 1 is 1.15 bits per heavy atom. The maximum atomic E-state index is 15.0. The number of aromatic amines is 1. The number of carbonyl (C=O) groups is 1. The third-order valence-electron chi connectivity index (χ3n) is 5.27. The van der Waals surface area contributed by atoms with Gasteiger partial charge in [0.15, 0.2) is 17.3 Å². The summed E-state index contributed by atoms with van der Waals surface area (Å²) in [6.45, 7) is 0.142. The summed E-state index contributed by atoms with van der Waals surface area (Å²) in [5.41, 5.74) is -1.26. The molecule has 5 aromatic rings. The lowest BCUT2D eigenvalue weighted by atomic mass is 10.2. The number of ether oxygens (including phenoxy) is 2. The minimum atomic E-state index is -1.32. The van der Waals surface area contributed by atoms with Gasteiger partial charge in [-0.25, -0.2) is 18.5 Å². The third kappa shape index (κ3) is 3.55. The van der Waals surface area contributed by atoms with Gasteiger partial charge in [0.25, 0.3) is 5.56 Å². The van der Waals surface area contributed by atoms with Crippen LogP contribution in [0.3, 0.4) is 0 Å². The average Bonchev–Trinajstić information content (AvgIpc) is 3.43. The first-order valence-corrected chi connectivity index (χ1v) is 11.6. The molecule has 34 heavy (non-hydrogen) atoms. The number of hydrogen-bond donors (Lipinski definition) is 2. The highest BCUT2D eigenvalue weighted by Crippen LogP contribution is 2.33. The van der Waals surface area contributed by atoms with Gasteiger partial charge < -0.3 is 19.6 Å². The highest BCUT2D eigenvalue weighted by Gasteiger charge is 2.22. The lowest BCUT2D eigenvalue weighted by Crippen LogP contribution is -2.34. The summed E-state index contributed by atoms with van der Waals surface area (Å²) in [5.74, 6) is -2.04. The number of H-pyrrole nitrogens is 1. The van der Waals surface area contributed by atoms with Gasteiger partial charge in [-0.3, -0.25) is 4.79 Å². The van der Waals surface area contributed by atoms with Crippen molar-refractivity contribution in [2.24, 2.45) is 0 Å². The molecule has 0 spiro atoms. The number of benzene rings is 2. The van der Waals surface area contributed by atoms with Crippen molar-refractivity contribution in [1.29, 1.82) is 0 Å². The predicted octanol–water partition coefficient (Wildman–Crippen LogP) is 4.38. The van der Waals surface area contributed by atoms with Crippen LogP contribution in [0.1, 0.15) is 15.2 Å². The number of aromatic nitrogens is 2. The zero-order valence-electron chi connectivity index (χ0n) is 17.5. The van der Waals surface area contributed by atoms with Crippen LogP contribution < -0.4 is 20.7 Å². The number of halogens is 1. The Morgan fingerprint density at radius 3 is 2.71 bits per heavy atom. The quantitative estimate of drug-likeness (QED) is 0.360. The molecule has 3 aromatic heterocycles. The molecule has 2 aromatic carbocycles. The van der Waals surface area contributed by atoms with Crippen LogP contribution in [0.2, 0.25) is 0 Å². The van der Waals surface area contributed by atoms with Gasteiger partial charge in [0, 0.05) is 27.8 Å². The standard InChI is InChI=1S/C23H15FN2O6S2/c1-31-16-6-13(24)15(7-17(16)32-8-11-9-33-18-5-3-2-4-12(11)18)26-21(27)19-14(25-23(26)30)10-34-20(19)22(28)29/h2-7,9-10H,8H2,1H3,(H,25,30)(H,28,29). The van der Waals surface area contributed by atoms with Gasteiger partial charge in [-0.15, -0.1) is 22.7 Å². The summed E-state index contributed by atoms with van der Waals surface area (Å²) in [5, 5.41) is 13.5. The van der Waals surface area contributed by atoms with Crippen LogP contribution in [-0.2, 0) is 6.61 Å². The summed E-state index contributed by atoms with van der Waals surface area (Å²) in [6.07, 6.45) is 0. The van der Waals surface area contributed by atoms with Crippen molar-refractivity contribution >= 4 is 49.6 Å². The largest absolute Gasteiger partial charge is 0.493 e. The van der Waals surface area contributed by atoms with Crippen molar-refractivity contribution in [1.82, 2.24) is 9.55 Å². The molecule has 0 aliphatic carbocycles. The number of nitrogens with one attached hydrogen (secondary N) is 1. The van der Waals surface area contributed by atoms with Crippen LogP contribution in [-0.4, -0.2) is 27.7 Å². The minimum Gasteiger partial charge on any atom is -0.493 e. The van der Waals surface area contributed by atoms with E-state index in [9.17, 15) is 19.5 Å². The summed E-state index contributed by atoms with van der Waals surface area (Å²) < 4.78 is 27.8. The third-order valence-corrected chi connectivity index (χ3v) is 7.25. The maximum Gasteiger partial charge on any atom is 0.346 e. The van der Waals surface area contributed by atoms with Gasteiger partial charge in [0.2, 0.25) is 0 Å². The summed E-state index contributed by atoms with van der Waals surface area (Å²) >= 11 is 2.36. The minimum absolute atomic E-state index is 0.0726. The molecular weight excluding hydrogens is 483 g/mol. The van der Waals surface area contributed by atoms with E-state index in [0.717, 1.165) is 33.1 Å². The number of thiophene rings is 2. The van der Waals surface area contributed by atoms with E-state index in [-0.39, 0.29) is 39.6 Å². The van der Waals surface area contributed by atoms with Crippen LogP contribution in [0.4, 0.5) is 4.39 Å². The molecule has 2 N–H and O–H groups in total. The van der Waals surface area contributed by atoms with Gasteiger partial charge in [0.1, 0.15) is 11.5 Å². The molecule has 0 unspecified atom stereocenters. The Kier molecular flexibility index (Phi) is 5.42. The molecule has 0 saturated heterocycles. The molecule has 0 radical (unpaired) electrons. The molecule has 8 nitrogen and oxygen atoms in total. The van der Waals surface area contributed by atoms with Crippen molar-refractivity contribution in [2.45, 2.75) is 6.61 Å². The number of nitrogens with zero attached hydrogens (tertiary/aromatic N) is 1. The summed E-state index contributed by atoms with van der Waals surface area (Å²) in [7, 11) is 1.34. The second kappa shape index (κ2) is 8.43. The van der Waals surface area contributed by atoms with E-state index in [4.69, 9.17) is 9.47 Å². The van der Waals surface area contributed by atoms with Crippen LogP contribution in [0.15, 0.2) is 56.7 Å². The second-order valence-corrected chi connectivity index (χ2v) is 9.02. The van der Waals surface area contributed by atoms with E-state index in [1.54, 1.807) is 11.3 Å². The topological polar surface area (TPSA) is 111 Å². The van der Waals surface area contributed by atoms with E-state index in [2.05, 4.69) is 4.98 Å². The number of hydrogen-bond acceptors (Lipinski definition) is 7. The van der Waals surface area contributed by atoms with E-state index >= 15 is 4.39 Å². The van der Waals surface area contributed by atoms with E-state index in [0.29, 0.717) is 4.57 Å².